The summed E-state index contributed by atoms with van der Waals surface area (Å²) >= 11 is 10.4. The summed E-state index contributed by atoms with van der Waals surface area (Å²) in [7, 11) is 0. The highest BCUT2D eigenvalue weighted by Gasteiger charge is 2.08. The minimum absolute atomic E-state index is 0.518. The molecule has 0 aliphatic heterocycles. The smallest absolute Gasteiger partial charge is 0.148 e. The lowest BCUT2D eigenvalue weighted by molar-refractivity contribution is 0.302. The highest BCUT2D eigenvalue weighted by atomic mass is 79.9. The van der Waals surface area contributed by atoms with Crippen LogP contribution in [0.3, 0.4) is 0 Å². The summed E-state index contributed by atoms with van der Waals surface area (Å²) in [5.74, 6) is 0.797. The zero-order valence-corrected chi connectivity index (χ0v) is 14.8. The molecule has 0 unspecified atom stereocenters. The van der Waals surface area contributed by atoms with E-state index in [1.54, 1.807) is 0 Å². The van der Waals surface area contributed by atoms with Crippen LogP contribution in [0.15, 0.2) is 49.8 Å². The van der Waals surface area contributed by atoms with E-state index in [1.807, 2.05) is 36.4 Å². The molecule has 2 rings (SSSR count). The molecule has 0 saturated carbocycles. The second-order valence-corrected chi connectivity index (χ2v) is 6.63. The van der Waals surface area contributed by atoms with Crippen LogP contribution in [0.2, 0.25) is 0 Å². The molecular formula is C14H12Br3NO. The number of halogens is 3. The number of hydrogen-bond donors (Lipinski definition) is 1. The van der Waals surface area contributed by atoms with Gasteiger partial charge in [-0.05, 0) is 55.1 Å². The van der Waals surface area contributed by atoms with Crippen LogP contribution in [-0.2, 0) is 13.2 Å². The van der Waals surface area contributed by atoms with Gasteiger partial charge in [-0.1, -0.05) is 40.2 Å². The largest absolute Gasteiger partial charge is 0.487 e. The minimum Gasteiger partial charge on any atom is -0.487 e. The standard InChI is InChI=1S/C14H12Br3NO/c15-11-5-12(16)14(13(17)6-11)19-8-10-3-1-9(7-18)2-4-10/h1-6H,7-8,18H2. The van der Waals surface area contributed by atoms with Gasteiger partial charge >= 0.3 is 0 Å². The topological polar surface area (TPSA) is 35.2 Å². The molecule has 2 aromatic rings. The van der Waals surface area contributed by atoms with Crippen molar-refractivity contribution in [1.29, 1.82) is 0 Å². The van der Waals surface area contributed by atoms with Gasteiger partial charge in [0.25, 0.3) is 0 Å². The molecule has 5 heteroatoms. The lowest BCUT2D eigenvalue weighted by Gasteiger charge is -2.11. The first kappa shape index (κ1) is 15.0. The molecule has 2 N–H and O–H groups in total. The maximum Gasteiger partial charge on any atom is 0.148 e. The molecule has 0 aromatic heterocycles. The molecule has 0 radical (unpaired) electrons. The Morgan fingerprint density at radius 2 is 1.42 bits per heavy atom. The molecule has 0 heterocycles. The van der Waals surface area contributed by atoms with Crippen LogP contribution < -0.4 is 10.5 Å². The molecule has 0 bridgehead atoms. The molecule has 0 atom stereocenters. The molecule has 2 aromatic carbocycles. The van der Waals surface area contributed by atoms with Gasteiger partial charge in [-0.25, -0.2) is 0 Å². The Labute approximate surface area is 137 Å². The molecule has 0 fully saturated rings. The molecule has 0 aliphatic rings. The zero-order chi connectivity index (χ0) is 13.8. The van der Waals surface area contributed by atoms with Crippen LogP contribution >= 0.6 is 47.8 Å². The van der Waals surface area contributed by atoms with Gasteiger partial charge in [0, 0.05) is 11.0 Å². The van der Waals surface area contributed by atoms with Crippen molar-refractivity contribution >= 4 is 47.8 Å². The average molecular weight is 450 g/mol. The van der Waals surface area contributed by atoms with Crippen LogP contribution in [0, 0.1) is 0 Å². The number of rotatable bonds is 4. The lowest BCUT2D eigenvalue weighted by Crippen LogP contribution is -1.99. The van der Waals surface area contributed by atoms with Crippen LogP contribution in [0.25, 0.3) is 0 Å². The Balaban J connectivity index is 2.10. The van der Waals surface area contributed by atoms with Gasteiger partial charge < -0.3 is 10.5 Å². The normalized spacial score (nSPS) is 10.5. The summed E-state index contributed by atoms with van der Waals surface area (Å²) in [6.07, 6.45) is 0. The SMILES string of the molecule is NCc1ccc(COc2c(Br)cc(Br)cc2Br)cc1. The van der Waals surface area contributed by atoms with E-state index in [-0.39, 0.29) is 0 Å². The van der Waals surface area contributed by atoms with E-state index in [4.69, 9.17) is 10.5 Å². The first-order chi connectivity index (χ1) is 9.10. The summed E-state index contributed by atoms with van der Waals surface area (Å²) in [6, 6.07) is 12.0. The Kier molecular flexibility index (Phi) is 5.45. The fourth-order valence-electron chi connectivity index (χ4n) is 1.59. The van der Waals surface area contributed by atoms with E-state index in [1.165, 1.54) is 0 Å². The molecule has 0 aliphatic carbocycles. The summed E-state index contributed by atoms with van der Waals surface area (Å²) in [5, 5.41) is 0. The number of nitrogens with two attached hydrogens (primary N) is 1. The van der Waals surface area contributed by atoms with Crippen molar-refractivity contribution in [1.82, 2.24) is 0 Å². The molecule has 0 saturated heterocycles. The average Bonchev–Trinajstić information content (AvgIpc) is 2.38. The van der Waals surface area contributed by atoms with Gasteiger partial charge in [0.15, 0.2) is 0 Å². The maximum absolute atomic E-state index is 5.84. The van der Waals surface area contributed by atoms with Crippen molar-refractivity contribution < 1.29 is 4.74 Å². The predicted octanol–water partition coefficient (Wildman–Crippen LogP) is 5.01. The fraction of sp³-hybridized carbons (Fsp3) is 0.143. The zero-order valence-electron chi connectivity index (χ0n) is 10.00. The quantitative estimate of drug-likeness (QED) is 0.712. The van der Waals surface area contributed by atoms with Crippen molar-refractivity contribution in [3.63, 3.8) is 0 Å². The Hall–Kier alpha value is -0.360. The van der Waals surface area contributed by atoms with Crippen LogP contribution in [-0.4, -0.2) is 0 Å². The van der Waals surface area contributed by atoms with E-state index >= 15 is 0 Å². The van der Waals surface area contributed by atoms with Gasteiger partial charge in [-0.3, -0.25) is 0 Å². The first-order valence-corrected chi connectivity index (χ1v) is 8.03. The highest BCUT2D eigenvalue weighted by Crippen LogP contribution is 2.36. The fourth-order valence-corrected chi connectivity index (χ4v) is 4.08. The molecule has 0 spiro atoms. The Bertz CT molecular complexity index is 546. The van der Waals surface area contributed by atoms with Crippen LogP contribution in [0.1, 0.15) is 11.1 Å². The first-order valence-electron chi connectivity index (χ1n) is 5.65. The summed E-state index contributed by atoms with van der Waals surface area (Å²) in [6.45, 7) is 1.08. The van der Waals surface area contributed by atoms with E-state index in [9.17, 15) is 0 Å². The third kappa shape index (κ3) is 4.05. The predicted molar refractivity (Wildman–Crippen MR) is 88.2 cm³/mol. The third-order valence-electron chi connectivity index (χ3n) is 2.60. The molecule has 0 amide bonds. The number of hydrogen-bond acceptors (Lipinski definition) is 2. The lowest BCUT2D eigenvalue weighted by atomic mass is 10.1. The highest BCUT2D eigenvalue weighted by molar-refractivity contribution is 9.11. The van der Waals surface area contributed by atoms with Gasteiger partial charge in [0.05, 0.1) is 8.95 Å². The summed E-state index contributed by atoms with van der Waals surface area (Å²) in [4.78, 5) is 0. The number of benzene rings is 2. The van der Waals surface area contributed by atoms with Gasteiger partial charge in [-0.15, -0.1) is 0 Å². The molecule has 19 heavy (non-hydrogen) atoms. The van der Waals surface area contributed by atoms with Crippen LogP contribution in [0.4, 0.5) is 0 Å². The summed E-state index contributed by atoms with van der Waals surface area (Å²) in [5.41, 5.74) is 7.80. The number of ether oxygens (including phenoxy) is 1. The molecular weight excluding hydrogens is 438 g/mol. The van der Waals surface area contributed by atoms with Crippen molar-refractivity contribution in [3.8, 4) is 5.75 Å². The second-order valence-electron chi connectivity index (χ2n) is 4.01. The Morgan fingerprint density at radius 1 is 0.895 bits per heavy atom. The van der Waals surface area contributed by atoms with E-state index in [0.717, 1.165) is 30.3 Å². The Morgan fingerprint density at radius 3 is 1.95 bits per heavy atom. The van der Waals surface area contributed by atoms with E-state index in [0.29, 0.717) is 13.2 Å². The minimum atomic E-state index is 0.518. The van der Waals surface area contributed by atoms with Gasteiger partial charge in [-0.2, -0.15) is 0 Å². The van der Waals surface area contributed by atoms with Gasteiger partial charge in [0.1, 0.15) is 12.4 Å². The van der Waals surface area contributed by atoms with Crippen molar-refractivity contribution in [2.75, 3.05) is 0 Å². The summed E-state index contributed by atoms with van der Waals surface area (Å²) < 4.78 is 8.65. The van der Waals surface area contributed by atoms with Crippen molar-refractivity contribution in [2.24, 2.45) is 5.73 Å². The molecule has 100 valence electrons. The van der Waals surface area contributed by atoms with Crippen molar-refractivity contribution in [2.45, 2.75) is 13.2 Å². The monoisotopic (exact) mass is 447 g/mol. The van der Waals surface area contributed by atoms with Gasteiger partial charge in [0.2, 0.25) is 0 Å². The van der Waals surface area contributed by atoms with Crippen LogP contribution in [0.5, 0.6) is 5.75 Å². The van der Waals surface area contributed by atoms with Crippen molar-refractivity contribution in [3.05, 3.63) is 60.9 Å². The molecule has 2 nitrogen and oxygen atoms in total. The maximum atomic E-state index is 5.84. The van der Waals surface area contributed by atoms with E-state index < -0.39 is 0 Å². The second kappa shape index (κ2) is 6.88. The third-order valence-corrected chi connectivity index (χ3v) is 4.24. The van der Waals surface area contributed by atoms with E-state index in [2.05, 4.69) is 47.8 Å².